The Morgan fingerprint density at radius 1 is 0.641 bits per heavy atom. The Bertz CT molecular complexity index is 1300. The van der Waals surface area contributed by atoms with Crippen molar-refractivity contribution >= 4 is 3.21 Å². The van der Waals surface area contributed by atoms with Crippen LogP contribution in [0, 0.1) is 12.1 Å². The smallest absolute Gasteiger partial charge is 0.0181 e. The molecule has 39 heavy (non-hydrogen) atoms. The van der Waals surface area contributed by atoms with Gasteiger partial charge >= 0.3 is 59.5 Å². The molecule has 0 N–H and O–H groups in total. The number of rotatable bonds is 2. The Balaban J connectivity index is 0.000000250. The van der Waals surface area contributed by atoms with E-state index >= 15 is 0 Å². The van der Waals surface area contributed by atoms with Gasteiger partial charge in [-0.3, -0.25) is 6.08 Å². The first-order valence-electron chi connectivity index (χ1n) is 13.4. The van der Waals surface area contributed by atoms with Crippen LogP contribution < -0.4 is 24.8 Å². The van der Waals surface area contributed by atoms with Gasteiger partial charge in [0.05, 0.1) is 0 Å². The minimum Gasteiger partial charge on any atom is -0.143 e. The van der Waals surface area contributed by atoms with E-state index < -0.39 is 0 Å². The predicted octanol–water partition coefficient (Wildman–Crippen LogP) is 3.38. The van der Waals surface area contributed by atoms with E-state index in [-0.39, 0.29) is 24.8 Å². The van der Waals surface area contributed by atoms with Crippen molar-refractivity contribution in [2.75, 3.05) is 0 Å². The maximum Gasteiger partial charge on any atom is -0.0181 e. The number of allylic oxidation sites excluding steroid dienone is 4. The summed E-state index contributed by atoms with van der Waals surface area (Å²) in [5, 5.41) is 0. The van der Waals surface area contributed by atoms with Gasteiger partial charge in [-0.25, -0.2) is 12.2 Å². The molecule has 0 bridgehead atoms. The standard InChI is InChI=1S/C25H17.C6H10.C5H5.2ClH.Zr/c1-3-7-18(8-4-1)20-11-13-24-22(15-20)17-23-16-21(12-14-25(23)24)19-9-5-2-6-10-19;1-2-4-6-5-3-1;1-2-4-5-3-1;;;/h1-15H,17H2;1-5H2;1-3H,4H2;2*1H;/q-1;;-1;;;+2/p-2. The van der Waals surface area contributed by atoms with E-state index in [2.05, 4.69) is 109 Å². The van der Waals surface area contributed by atoms with Crippen molar-refractivity contribution in [1.29, 1.82) is 0 Å². The van der Waals surface area contributed by atoms with E-state index in [0.717, 1.165) is 12.8 Å². The average molecular weight is 627 g/mol. The molecule has 0 radical (unpaired) electrons. The van der Waals surface area contributed by atoms with Crippen LogP contribution in [0.4, 0.5) is 0 Å². The first kappa shape index (κ1) is 31.2. The molecule has 0 unspecified atom stereocenters. The Morgan fingerprint density at radius 3 is 1.87 bits per heavy atom. The molecule has 0 heterocycles. The number of hydrogen-bond donors (Lipinski definition) is 0. The maximum absolute atomic E-state index is 3.65. The molecule has 0 nitrogen and oxygen atoms in total. The third-order valence-corrected chi connectivity index (χ3v) is 8.25. The molecule has 3 aliphatic carbocycles. The zero-order valence-electron chi connectivity index (χ0n) is 22.1. The molecule has 1 saturated carbocycles. The topological polar surface area (TPSA) is 0 Å². The van der Waals surface area contributed by atoms with Gasteiger partial charge in [0.1, 0.15) is 0 Å². The van der Waals surface area contributed by atoms with Crippen LogP contribution in [0.5, 0.6) is 0 Å². The number of halogens is 2. The third-order valence-electron chi connectivity index (χ3n) is 7.02. The van der Waals surface area contributed by atoms with Gasteiger partial charge in [0.15, 0.2) is 0 Å². The molecule has 4 aromatic carbocycles. The van der Waals surface area contributed by atoms with Crippen molar-refractivity contribution in [2.24, 2.45) is 0 Å². The monoisotopic (exact) mass is 624 g/mol. The minimum atomic E-state index is 0. The van der Waals surface area contributed by atoms with Crippen LogP contribution in [0.3, 0.4) is 0 Å². The molecular weight excluding hydrogens is 595 g/mol. The van der Waals surface area contributed by atoms with Crippen LogP contribution in [0.1, 0.15) is 49.7 Å². The molecule has 3 heteroatoms. The molecule has 3 aliphatic rings. The first-order valence-corrected chi connectivity index (χ1v) is 14.6. The second-order valence-corrected chi connectivity index (χ2v) is 11.5. The molecule has 0 spiro atoms. The molecule has 7 rings (SSSR count). The summed E-state index contributed by atoms with van der Waals surface area (Å²) in [4.78, 5) is 0. The fourth-order valence-corrected chi connectivity index (χ4v) is 5.91. The minimum absolute atomic E-state index is 0. The van der Waals surface area contributed by atoms with Gasteiger partial charge in [-0.1, -0.05) is 95.6 Å². The van der Waals surface area contributed by atoms with Gasteiger partial charge in [-0.2, -0.15) is 6.08 Å². The molecule has 1 fully saturated rings. The fraction of sp³-hybridized carbons (Fsp3) is 0.194. The van der Waals surface area contributed by atoms with Crippen molar-refractivity contribution in [1.82, 2.24) is 0 Å². The summed E-state index contributed by atoms with van der Waals surface area (Å²) < 4.78 is 1.80. The average Bonchev–Trinajstić information content (AvgIpc) is 3.66. The van der Waals surface area contributed by atoms with Crippen LogP contribution in [0.25, 0.3) is 33.4 Å². The third kappa shape index (κ3) is 8.59. The molecule has 0 aliphatic heterocycles. The van der Waals surface area contributed by atoms with Crippen LogP contribution in [-0.2, 0) is 30.7 Å². The summed E-state index contributed by atoms with van der Waals surface area (Å²) in [5.41, 5.74) is 10.4. The Morgan fingerprint density at radius 2 is 1.31 bits per heavy atom. The predicted molar refractivity (Wildman–Crippen MR) is 154 cm³/mol. The number of benzene rings is 4. The van der Waals surface area contributed by atoms with Crippen LogP contribution in [-0.4, -0.2) is 3.21 Å². The summed E-state index contributed by atoms with van der Waals surface area (Å²) in [6.45, 7) is 0. The van der Waals surface area contributed by atoms with Gasteiger partial charge < -0.3 is 24.8 Å². The van der Waals surface area contributed by atoms with E-state index in [4.69, 9.17) is 0 Å². The molecule has 4 aromatic rings. The normalized spacial score (nSPS) is 13.9. The van der Waals surface area contributed by atoms with Crippen molar-refractivity contribution in [3.05, 3.63) is 132 Å². The van der Waals surface area contributed by atoms with Gasteiger partial charge in [-0.15, -0.1) is 35.7 Å². The molecule has 196 valence electrons. The van der Waals surface area contributed by atoms with Crippen molar-refractivity contribution in [3.63, 3.8) is 0 Å². The van der Waals surface area contributed by atoms with E-state index in [1.165, 1.54) is 76.6 Å². The summed E-state index contributed by atoms with van der Waals surface area (Å²) in [6, 6.07) is 36.0. The van der Waals surface area contributed by atoms with E-state index in [1.54, 1.807) is 27.4 Å². The van der Waals surface area contributed by atoms with Crippen molar-refractivity contribution in [3.8, 4) is 33.4 Å². The zero-order chi connectivity index (χ0) is 25.3. The van der Waals surface area contributed by atoms with E-state index in [0.29, 0.717) is 0 Å². The van der Waals surface area contributed by atoms with Crippen LogP contribution in [0.15, 0.2) is 109 Å². The van der Waals surface area contributed by atoms with Crippen LogP contribution >= 0.6 is 0 Å². The first-order chi connectivity index (χ1) is 18.3. The summed E-state index contributed by atoms with van der Waals surface area (Å²) in [6.07, 6.45) is 18.3. The SMILES string of the molecule is [C-]1=CC=CC1.[Cl-].[Cl-].[Zr+2]=[C]1CCCCC1.[c-]1c(-c2ccccc2)ccc2c1Cc1cc(-c3ccccc3)ccc1-2. The molecule has 0 amide bonds. The van der Waals surface area contributed by atoms with E-state index in [1.807, 2.05) is 12.2 Å². The van der Waals surface area contributed by atoms with Crippen molar-refractivity contribution in [2.45, 2.75) is 44.9 Å². The molecule has 0 saturated heterocycles. The Kier molecular flexibility index (Phi) is 12.9. The molecule has 0 aromatic heterocycles. The largest absolute Gasteiger partial charge is 0.143 e. The number of fused-ring (bicyclic) bond motifs is 3. The van der Waals surface area contributed by atoms with Gasteiger partial charge in [0.2, 0.25) is 0 Å². The van der Waals surface area contributed by atoms with E-state index in [9.17, 15) is 0 Å². The quantitative estimate of drug-likeness (QED) is 0.264. The summed E-state index contributed by atoms with van der Waals surface area (Å²) in [5.74, 6) is 0. The zero-order valence-corrected chi connectivity index (χ0v) is 26.1. The van der Waals surface area contributed by atoms with Crippen molar-refractivity contribution < 1.29 is 49.0 Å². The summed E-state index contributed by atoms with van der Waals surface area (Å²) >= 11 is 1.69. The Hall–Kier alpha value is -2.31. The Labute approximate surface area is 261 Å². The summed E-state index contributed by atoms with van der Waals surface area (Å²) in [7, 11) is 0. The van der Waals surface area contributed by atoms with Crippen LogP contribution in [0.2, 0.25) is 0 Å². The number of hydrogen-bond acceptors (Lipinski definition) is 0. The maximum atomic E-state index is 3.65. The van der Waals surface area contributed by atoms with Gasteiger partial charge in [-0.05, 0) is 23.1 Å². The second kappa shape index (κ2) is 16.1. The van der Waals surface area contributed by atoms with Gasteiger partial charge in [0, 0.05) is 0 Å². The van der Waals surface area contributed by atoms with Gasteiger partial charge in [0.25, 0.3) is 0 Å². The molecular formula is C36H32Cl2Zr-2. The molecule has 0 atom stereocenters. The fourth-order valence-electron chi connectivity index (χ4n) is 5.04. The second-order valence-electron chi connectivity index (χ2n) is 9.71.